The first-order chi connectivity index (χ1) is 8.59. The maximum atomic E-state index is 10.9. The van der Waals surface area contributed by atoms with Crippen LogP contribution in [0.5, 0.6) is 0 Å². The highest BCUT2D eigenvalue weighted by molar-refractivity contribution is 9.10. The van der Waals surface area contributed by atoms with E-state index in [2.05, 4.69) is 38.2 Å². The van der Waals surface area contributed by atoms with Gasteiger partial charge in [-0.3, -0.25) is 15.1 Å². The number of pyridine rings is 1. The van der Waals surface area contributed by atoms with Crippen molar-refractivity contribution in [2.45, 2.75) is 18.9 Å². The minimum atomic E-state index is -0.418. The summed E-state index contributed by atoms with van der Waals surface area (Å²) in [5, 5.41) is 14.1. The van der Waals surface area contributed by atoms with E-state index in [4.69, 9.17) is 0 Å². The fourth-order valence-corrected chi connectivity index (χ4v) is 2.66. The molecule has 1 saturated heterocycles. The number of rotatable bonds is 4. The molecule has 1 unspecified atom stereocenters. The van der Waals surface area contributed by atoms with Gasteiger partial charge in [0.05, 0.1) is 9.40 Å². The number of hydrogen-bond donors (Lipinski definition) is 1. The summed E-state index contributed by atoms with van der Waals surface area (Å²) in [6, 6.07) is 0.435. The Bertz CT molecular complexity index is 455. The SMILES string of the molecule is CN1CCCC1CNc1c(Br)cncc1[N+](=O)[O-]. The number of hydrogen-bond acceptors (Lipinski definition) is 5. The molecule has 7 heteroatoms. The average Bonchev–Trinajstić information content (AvgIpc) is 2.73. The molecule has 98 valence electrons. The van der Waals surface area contributed by atoms with E-state index in [-0.39, 0.29) is 5.69 Å². The zero-order valence-electron chi connectivity index (χ0n) is 10.1. The van der Waals surface area contributed by atoms with E-state index >= 15 is 0 Å². The number of anilines is 1. The van der Waals surface area contributed by atoms with Gasteiger partial charge in [0.1, 0.15) is 11.9 Å². The minimum absolute atomic E-state index is 0.00465. The second-order valence-electron chi connectivity index (χ2n) is 4.43. The number of nitrogens with zero attached hydrogens (tertiary/aromatic N) is 3. The quantitative estimate of drug-likeness (QED) is 0.681. The van der Waals surface area contributed by atoms with Crippen molar-refractivity contribution in [2.24, 2.45) is 0 Å². The molecule has 1 aromatic rings. The molecule has 0 bridgehead atoms. The first-order valence-electron chi connectivity index (χ1n) is 5.81. The van der Waals surface area contributed by atoms with E-state index in [1.54, 1.807) is 6.20 Å². The predicted molar refractivity (Wildman–Crippen MR) is 72.7 cm³/mol. The van der Waals surface area contributed by atoms with Crippen molar-refractivity contribution in [3.8, 4) is 0 Å². The van der Waals surface area contributed by atoms with Crippen LogP contribution in [-0.4, -0.2) is 41.0 Å². The van der Waals surface area contributed by atoms with E-state index in [0.29, 0.717) is 22.7 Å². The van der Waals surface area contributed by atoms with E-state index in [9.17, 15) is 10.1 Å². The molecule has 1 aromatic heterocycles. The topological polar surface area (TPSA) is 71.3 Å². The molecule has 0 aromatic carbocycles. The lowest BCUT2D eigenvalue weighted by atomic mass is 10.2. The number of aromatic nitrogens is 1. The molecule has 1 fully saturated rings. The smallest absolute Gasteiger partial charge is 0.311 e. The van der Waals surface area contributed by atoms with Crippen molar-refractivity contribution in [3.63, 3.8) is 0 Å². The molecule has 1 atom stereocenters. The number of nitrogens with one attached hydrogen (secondary N) is 1. The summed E-state index contributed by atoms with van der Waals surface area (Å²) in [6.07, 6.45) is 5.14. The van der Waals surface area contributed by atoms with Gasteiger partial charge in [0.15, 0.2) is 0 Å². The van der Waals surface area contributed by atoms with Crippen molar-refractivity contribution in [1.82, 2.24) is 9.88 Å². The summed E-state index contributed by atoms with van der Waals surface area (Å²) in [4.78, 5) is 16.6. The van der Waals surface area contributed by atoms with Crippen LogP contribution in [0.2, 0.25) is 0 Å². The van der Waals surface area contributed by atoms with Crippen LogP contribution >= 0.6 is 15.9 Å². The standard InChI is InChI=1S/C11H15BrN4O2/c1-15-4-2-3-8(15)5-14-11-9(12)6-13-7-10(11)16(17)18/h6-8H,2-5H2,1H3,(H,13,14). The Balaban J connectivity index is 2.11. The molecular weight excluding hydrogens is 300 g/mol. The lowest BCUT2D eigenvalue weighted by molar-refractivity contribution is -0.384. The molecule has 6 nitrogen and oxygen atoms in total. The molecule has 0 amide bonds. The molecule has 18 heavy (non-hydrogen) atoms. The Labute approximate surface area is 114 Å². The fraction of sp³-hybridized carbons (Fsp3) is 0.545. The molecule has 0 radical (unpaired) electrons. The van der Waals surface area contributed by atoms with Crippen LogP contribution in [0.25, 0.3) is 0 Å². The van der Waals surface area contributed by atoms with E-state index in [1.807, 2.05) is 0 Å². The van der Waals surface area contributed by atoms with E-state index < -0.39 is 4.92 Å². The van der Waals surface area contributed by atoms with Crippen LogP contribution < -0.4 is 5.32 Å². The molecule has 1 N–H and O–H groups in total. The van der Waals surface area contributed by atoms with Gasteiger partial charge in [-0.15, -0.1) is 0 Å². The highest BCUT2D eigenvalue weighted by atomic mass is 79.9. The van der Waals surface area contributed by atoms with Crippen molar-refractivity contribution in [3.05, 3.63) is 27.0 Å². The van der Waals surface area contributed by atoms with Gasteiger partial charge in [0, 0.05) is 18.8 Å². The lowest BCUT2D eigenvalue weighted by Gasteiger charge is -2.20. The zero-order chi connectivity index (χ0) is 13.1. The largest absolute Gasteiger partial charge is 0.377 e. The maximum absolute atomic E-state index is 10.9. The van der Waals surface area contributed by atoms with Gasteiger partial charge in [-0.25, -0.2) is 0 Å². The number of likely N-dealkylation sites (N-methyl/N-ethyl adjacent to an activating group) is 1. The summed E-state index contributed by atoms with van der Waals surface area (Å²) >= 11 is 3.30. The Hall–Kier alpha value is -1.21. The molecule has 0 aliphatic carbocycles. The minimum Gasteiger partial charge on any atom is -0.377 e. The number of nitro groups is 1. The molecular formula is C11H15BrN4O2. The molecule has 2 rings (SSSR count). The number of halogens is 1. The third-order valence-electron chi connectivity index (χ3n) is 3.26. The van der Waals surface area contributed by atoms with E-state index in [0.717, 1.165) is 13.0 Å². The monoisotopic (exact) mass is 314 g/mol. The Morgan fingerprint density at radius 1 is 1.67 bits per heavy atom. The highest BCUT2D eigenvalue weighted by Gasteiger charge is 2.23. The van der Waals surface area contributed by atoms with Gasteiger partial charge < -0.3 is 10.2 Å². The summed E-state index contributed by atoms with van der Waals surface area (Å²) < 4.78 is 0.623. The summed E-state index contributed by atoms with van der Waals surface area (Å²) in [7, 11) is 2.08. The Morgan fingerprint density at radius 2 is 2.44 bits per heavy atom. The van der Waals surface area contributed by atoms with Crippen LogP contribution in [-0.2, 0) is 0 Å². The molecule has 0 spiro atoms. The third kappa shape index (κ3) is 2.78. The van der Waals surface area contributed by atoms with Crippen LogP contribution in [0.3, 0.4) is 0 Å². The Kier molecular flexibility index (Phi) is 4.13. The van der Waals surface area contributed by atoms with Crippen LogP contribution in [0.4, 0.5) is 11.4 Å². The van der Waals surface area contributed by atoms with Crippen molar-refractivity contribution >= 4 is 27.3 Å². The summed E-state index contributed by atoms with van der Waals surface area (Å²) in [5.41, 5.74) is 0.514. The normalized spacial score (nSPS) is 20.0. The van der Waals surface area contributed by atoms with Gasteiger partial charge in [0.25, 0.3) is 0 Å². The summed E-state index contributed by atoms with van der Waals surface area (Å²) in [6.45, 7) is 1.80. The van der Waals surface area contributed by atoms with E-state index in [1.165, 1.54) is 12.6 Å². The molecule has 2 heterocycles. The van der Waals surface area contributed by atoms with Gasteiger partial charge in [-0.05, 0) is 42.4 Å². The second-order valence-corrected chi connectivity index (χ2v) is 5.28. The molecule has 1 aliphatic rings. The molecule has 0 saturated carbocycles. The van der Waals surface area contributed by atoms with Crippen LogP contribution in [0, 0.1) is 10.1 Å². The van der Waals surface area contributed by atoms with Gasteiger partial charge in [0.2, 0.25) is 0 Å². The number of likely N-dealkylation sites (tertiary alicyclic amines) is 1. The maximum Gasteiger partial charge on any atom is 0.311 e. The van der Waals surface area contributed by atoms with Crippen LogP contribution in [0.15, 0.2) is 16.9 Å². The van der Waals surface area contributed by atoms with Gasteiger partial charge in [-0.1, -0.05) is 0 Å². The van der Waals surface area contributed by atoms with Gasteiger partial charge in [-0.2, -0.15) is 0 Å². The first kappa shape index (κ1) is 13.2. The van der Waals surface area contributed by atoms with Crippen molar-refractivity contribution in [1.29, 1.82) is 0 Å². The second kappa shape index (κ2) is 5.62. The summed E-state index contributed by atoms with van der Waals surface area (Å²) in [5.74, 6) is 0. The third-order valence-corrected chi connectivity index (χ3v) is 3.86. The lowest BCUT2D eigenvalue weighted by Crippen LogP contribution is -2.31. The Morgan fingerprint density at radius 3 is 3.06 bits per heavy atom. The molecule has 1 aliphatic heterocycles. The van der Waals surface area contributed by atoms with Crippen LogP contribution in [0.1, 0.15) is 12.8 Å². The van der Waals surface area contributed by atoms with Crippen molar-refractivity contribution < 1.29 is 4.92 Å². The predicted octanol–water partition coefficient (Wildman–Crippen LogP) is 2.26. The van der Waals surface area contributed by atoms with Gasteiger partial charge >= 0.3 is 5.69 Å². The average molecular weight is 315 g/mol. The zero-order valence-corrected chi connectivity index (χ0v) is 11.7. The first-order valence-corrected chi connectivity index (χ1v) is 6.61. The fourth-order valence-electron chi connectivity index (χ4n) is 2.20. The van der Waals surface area contributed by atoms with Crippen molar-refractivity contribution in [2.75, 3.05) is 25.5 Å². The highest BCUT2D eigenvalue weighted by Crippen LogP contribution is 2.31.